The van der Waals surface area contributed by atoms with E-state index in [0.717, 1.165) is 13.1 Å². The van der Waals surface area contributed by atoms with E-state index in [1.165, 1.54) is 67.0 Å². The van der Waals surface area contributed by atoms with E-state index in [4.69, 9.17) is 0 Å². The molecule has 2 rings (SSSR count). The zero-order chi connectivity index (χ0) is 23.6. The summed E-state index contributed by atoms with van der Waals surface area (Å²) in [6.45, 7) is 28.7. The van der Waals surface area contributed by atoms with Crippen molar-refractivity contribution < 1.29 is 0 Å². The third-order valence-corrected chi connectivity index (χ3v) is 7.74. The second-order valence-corrected chi connectivity index (χ2v) is 9.73. The van der Waals surface area contributed by atoms with Gasteiger partial charge in [0.1, 0.15) is 0 Å². The van der Waals surface area contributed by atoms with Crippen molar-refractivity contribution in [2.75, 3.05) is 23.7 Å². The second-order valence-electron chi connectivity index (χ2n) is 9.73. The minimum atomic E-state index is 0.376. The van der Waals surface area contributed by atoms with E-state index in [0.29, 0.717) is 12.1 Å². The smallest absolute Gasteiger partial charge is 0.0405 e. The molecular weight excluding hydrogens is 378 g/mol. The highest BCUT2D eigenvalue weighted by Gasteiger charge is 2.15. The van der Waals surface area contributed by atoms with E-state index < -0.39 is 0 Å². The van der Waals surface area contributed by atoms with E-state index in [-0.39, 0.29) is 0 Å². The van der Waals surface area contributed by atoms with Gasteiger partial charge in [0.25, 0.3) is 0 Å². The van der Waals surface area contributed by atoms with Crippen LogP contribution in [0.3, 0.4) is 0 Å². The fourth-order valence-corrected chi connectivity index (χ4v) is 4.64. The first-order chi connectivity index (χ1) is 14.4. The van der Waals surface area contributed by atoms with Crippen molar-refractivity contribution >= 4 is 11.4 Å². The molecule has 3 heteroatoms. The molecule has 172 valence electrons. The van der Waals surface area contributed by atoms with Gasteiger partial charge in [-0.05, 0) is 139 Å². The van der Waals surface area contributed by atoms with Crippen LogP contribution < -0.4 is 16.0 Å². The Morgan fingerprint density at radius 3 is 0.903 bits per heavy atom. The lowest BCUT2D eigenvalue weighted by Gasteiger charge is -2.25. The fourth-order valence-electron chi connectivity index (χ4n) is 4.64. The van der Waals surface area contributed by atoms with Crippen molar-refractivity contribution in [3.05, 3.63) is 55.6 Å². The van der Waals surface area contributed by atoms with Crippen molar-refractivity contribution in [1.29, 1.82) is 0 Å². The molecule has 0 aliphatic rings. The summed E-state index contributed by atoms with van der Waals surface area (Å²) in [6, 6.07) is 0.752. The maximum Gasteiger partial charge on any atom is 0.0405 e. The largest absolute Gasteiger partial charge is 0.383 e. The van der Waals surface area contributed by atoms with Crippen molar-refractivity contribution in [3.63, 3.8) is 0 Å². The van der Waals surface area contributed by atoms with Gasteiger partial charge in [-0.1, -0.05) is 0 Å². The predicted octanol–water partition coefficient (Wildman–Crippen LogP) is 6.66. The Morgan fingerprint density at radius 2 is 0.645 bits per heavy atom. The molecule has 0 aliphatic heterocycles. The molecule has 0 aliphatic carbocycles. The summed E-state index contributed by atoms with van der Waals surface area (Å²) in [6.07, 6.45) is 0. The summed E-state index contributed by atoms with van der Waals surface area (Å²) in [5.41, 5.74) is 16.5. The Balaban J connectivity index is 1.99. The summed E-state index contributed by atoms with van der Waals surface area (Å²) in [7, 11) is 0. The molecule has 0 fully saturated rings. The molecule has 0 spiro atoms. The minimum absolute atomic E-state index is 0.376. The number of rotatable bonds is 8. The summed E-state index contributed by atoms with van der Waals surface area (Å²) < 4.78 is 0. The van der Waals surface area contributed by atoms with Crippen LogP contribution in [0.25, 0.3) is 0 Å². The highest BCUT2D eigenvalue weighted by atomic mass is 15.0. The van der Waals surface area contributed by atoms with Gasteiger partial charge in [0.2, 0.25) is 0 Å². The molecule has 0 radical (unpaired) electrons. The lowest BCUT2D eigenvalue weighted by atomic mass is 9.93. The number of hydrogen-bond acceptors (Lipinski definition) is 3. The van der Waals surface area contributed by atoms with Crippen LogP contribution in [0.1, 0.15) is 69.5 Å². The van der Waals surface area contributed by atoms with Crippen LogP contribution in [0.5, 0.6) is 0 Å². The SMILES string of the molecule is Cc1c(C)c(C)c(NCC(C)NC(C)CNc2c(C)c(C)c(C)c(C)c2C)c(C)c1C. The Bertz CT molecular complexity index is 820. The van der Waals surface area contributed by atoms with E-state index in [9.17, 15) is 0 Å². The first kappa shape index (κ1) is 25.3. The second kappa shape index (κ2) is 10.1. The van der Waals surface area contributed by atoms with Crippen LogP contribution >= 0.6 is 0 Å². The van der Waals surface area contributed by atoms with Gasteiger partial charge in [0.05, 0.1) is 0 Å². The van der Waals surface area contributed by atoms with Crippen LogP contribution in [0.15, 0.2) is 0 Å². The van der Waals surface area contributed by atoms with Gasteiger partial charge in [-0.3, -0.25) is 0 Å². The molecule has 2 unspecified atom stereocenters. The molecule has 0 aromatic heterocycles. The summed E-state index contributed by atoms with van der Waals surface area (Å²) in [5.74, 6) is 0. The Morgan fingerprint density at radius 1 is 0.419 bits per heavy atom. The maximum absolute atomic E-state index is 3.75. The topological polar surface area (TPSA) is 36.1 Å². The predicted molar refractivity (Wildman–Crippen MR) is 139 cm³/mol. The van der Waals surface area contributed by atoms with Gasteiger partial charge in [0, 0.05) is 36.5 Å². The van der Waals surface area contributed by atoms with E-state index in [2.05, 4.69) is 99.0 Å². The van der Waals surface area contributed by atoms with Crippen LogP contribution in [0, 0.1) is 69.2 Å². The molecular formula is C28H45N3. The van der Waals surface area contributed by atoms with Gasteiger partial charge in [-0.25, -0.2) is 0 Å². The molecule has 0 bridgehead atoms. The average Bonchev–Trinajstić information content (AvgIpc) is 2.73. The van der Waals surface area contributed by atoms with E-state index in [1.807, 2.05) is 0 Å². The minimum Gasteiger partial charge on any atom is -0.383 e. The van der Waals surface area contributed by atoms with Crippen LogP contribution in [0.2, 0.25) is 0 Å². The zero-order valence-corrected chi connectivity index (χ0v) is 22.1. The number of anilines is 2. The van der Waals surface area contributed by atoms with Gasteiger partial charge >= 0.3 is 0 Å². The molecule has 2 atom stereocenters. The lowest BCUT2D eigenvalue weighted by Crippen LogP contribution is -2.42. The number of hydrogen-bond donors (Lipinski definition) is 3. The number of nitrogens with one attached hydrogen (secondary N) is 3. The molecule has 3 N–H and O–H groups in total. The fraction of sp³-hybridized carbons (Fsp3) is 0.571. The van der Waals surface area contributed by atoms with Crippen LogP contribution in [-0.4, -0.2) is 25.2 Å². The van der Waals surface area contributed by atoms with Gasteiger partial charge < -0.3 is 16.0 Å². The van der Waals surface area contributed by atoms with Crippen LogP contribution in [0.4, 0.5) is 11.4 Å². The molecule has 0 heterocycles. The number of benzene rings is 2. The Hall–Kier alpha value is -2.00. The van der Waals surface area contributed by atoms with Crippen molar-refractivity contribution in [2.45, 2.75) is 95.2 Å². The van der Waals surface area contributed by atoms with E-state index >= 15 is 0 Å². The summed E-state index contributed by atoms with van der Waals surface area (Å²) >= 11 is 0. The van der Waals surface area contributed by atoms with Crippen molar-refractivity contribution in [1.82, 2.24) is 5.32 Å². The third-order valence-electron chi connectivity index (χ3n) is 7.74. The molecule has 3 nitrogen and oxygen atoms in total. The quantitative estimate of drug-likeness (QED) is 0.444. The lowest BCUT2D eigenvalue weighted by molar-refractivity contribution is 0.492. The van der Waals surface area contributed by atoms with Gasteiger partial charge in [-0.15, -0.1) is 0 Å². The monoisotopic (exact) mass is 423 g/mol. The Kier molecular flexibility index (Phi) is 8.21. The van der Waals surface area contributed by atoms with Gasteiger partial charge in [-0.2, -0.15) is 0 Å². The van der Waals surface area contributed by atoms with Gasteiger partial charge in [0.15, 0.2) is 0 Å². The summed E-state index contributed by atoms with van der Waals surface area (Å²) in [5, 5.41) is 11.2. The summed E-state index contributed by atoms with van der Waals surface area (Å²) in [4.78, 5) is 0. The normalized spacial score (nSPS) is 13.3. The standard InChI is InChI=1S/C28H45N3/c1-15(13-29-27-23(9)19(5)17(3)20(6)24(27)10)31-16(2)14-30-28-25(11)21(7)18(4)22(8)26(28)12/h15-16,29-31H,13-14H2,1-12H3. The first-order valence-corrected chi connectivity index (χ1v) is 11.8. The van der Waals surface area contributed by atoms with Crippen molar-refractivity contribution in [2.24, 2.45) is 0 Å². The molecule has 2 aromatic rings. The molecule has 0 saturated carbocycles. The van der Waals surface area contributed by atoms with Crippen molar-refractivity contribution in [3.8, 4) is 0 Å². The average molecular weight is 424 g/mol. The highest BCUT2D eigenvalue weighted by Crippen LogP contribution is 2.31. The molecule has 0 amide bonds. The molecule has 31 heavy (non-hydrogen) atoms. The third kappa shape index (κ3) is 5.26. The Labute approximate surface area is 191 Å². The molecule has 2 aromatic carbocycles. The van der Waals surface area contributed by atoms with E-state index in [1.54, 1.807) is 0 Å². The zero-order valence-electron chi connectivity index (χ0n) is 22.1. The highest BCUT2D eigenvalue weighted by molar-refractivity contribution is 5.65. The molecule has 0 saturated heterocycles. The van der Waals surface area contributed by atoms with Crippen LogP contribution in [-0.2, 0) is 0 Å². The first-order valence-electron chi connectivity index (χ1n) is 11.8. The maximum atomic E-state index is 3.75.